The Morgan fingerprint density at radius 1 is 1.09 bits per heavy atom. The van der Waals surface area contributed by atoms with Crippen molar-refractivity contribution in [3.05, 3.63) is 64.1 Å². The summed E-state index contributed by atoms with van der Waals surface area (Å²) in [5.74, 6) is -0.464. The first-order valence-corrected chi connectivity index (χ1v) is 7.95. The third-order valence-corrected chi connectivity index (χ3v) is 3.84. The van der Waals surface area contributed by atoms with Crippen LogP contribution in [-0.2, 0) is 11.3 Å². The van der Waals surface area contributed by atoms with Gasteiger partial charge in [-0.05, 0) is 30.7 Å². The summed E-state index contributed by atoms with van der Waals surface area (Å²) in [5, 5.41) is 5.43. The molecule has 0 aromatic heterocycles. The van der Waals surface area contributed by atoms with Gasteiger partial charge in [0.25, 0.3) is 0 Å². The highest BCUT2D eigenvalue weighted by Crippen LogP contribution is 2.17. The van der Waals surface area contributed by atoms with Gasteiger partial charge in [-0.2, -0.15) is 0 Å². The molecule has 0 spiro atoms. The van der Waals surface area contributed by atoms with Crippen LogP contribution in [0.15, 0.2) is 53.0 Å². The molecule has 2 rings (SSSR count). The Labute approximate surface area is 143 Å². The Bertz CT molecular complexity index is 704. The minimum absolute atomic E-state index is 0.279. The average Bonchev–Trinajstić information content (AvgIpc) is 2.55. The van der Waals surface area contributed by atoms with Crippen molar-refractivity contribution in [2.24, 2.45) is 0 Å². The fraction of sp³-hybridized carbons (Fsp3) is 0.176. The Morgan fingerprint density at radius 2 is 1.78 bits per heavy atom. The van der Waals surface area contributed by atoms with E-state index in [1.165, 1.54) is 0 Å². The molecule has 0 radical (unpaired) electrons. The van der Waals surface area contributed by atoms with Crippen LogP contribution in [0.25, 0.3) is 0 Å². The molecule has 0 heterocycles. The molecule has 2 N–H and O–H groups in total. The van der Waals surface area contributed by atoms with Crippen LogP contribution in [0.3, 0.4) is 0 Å². The molecule has 0 aliphatic rings. The fourth-order valence-electron chi connectivity index (χ4n) is 1.96. The number of carbonyl (C=O) groups is 2. The normalized spacial score (nSPS) is 10.0. The first kappa shape index (κ1) is 17.0. The molecule has 120 valence electrons. The molecule has 6 heteroatoms. The van der Waals surface area contributed by atoms with Gasteiger partial charge >= 0.3 is 12.0 Å². The first-order valence-electron chi connectivity index (χ1n) is 7.16. The lowest BCUT2D eigenvalue weighted by molar-refractivity contribution is 0.0527. The van der Waals surface area contributed by atoms with Crippen molar-refractivity contribution in [2.75, 3.05) is 11.9 Å². The number of ether oxygens (including phenoxy) is 1. The molecule has 2 amide bonds. The van der Waals surface area contributed by atoms with Crippen molar-refractivity contribution >= 4 is 33.6 Å². The Morgan fingerprint density at radius 3 is 2.52 bits per heavy atom. The standard InChI is InChI=1S/C17H17BrN2O3/c1-2-23-16(21)13-8-4-6-10-15(13)20-17(22)19-11-12-7-3-5-9-14(12)18/h3-10H,2,11H2,1H3,(H2,19,20,22). The number of esters is 1. The average molecular weight is 377 g/mol. The fourth-order valence-corrected chi connectivity index (χ4v) is 2.39. The van der Waals surface area contributed by atoms with E-state index in [4.69, 9.17) is 4.74 Å². The maximum Gasteiger partial charge on any atom is 0.340 e. The van der Waals surface area contributed by atoms with Crippen LogP contribution in [0.1, 0.15) is 22.8 Å². The summed E-state index contributed by atoms with van der Waals surface area (Å²) < 4.78 is 5.90. The van der Waals surface area contributed by atoms with Crippen molar-refractivity contribution in [1.82, 2.24) is 5.32 Å². The molecule has 0 aliphatic heterocycles. The van der Waals surface area contributed by atoms with E-state index in [1.807, 2.05) is 24.3 Å². The smallest absolute Gasteiger partial charge is 0.340 e. The largest absolute Gasteiger partial charge is 0.462 e. The number of hydrogen-bond donors (Lipinski definition) is 2. The number of carbonyl (C=O) groups excluding carboxylic acids is 2. The molecule has 0 bridgehead atoms. The zero-order chi connectivity index (χ0) is 16.7. The van der Waals surface area contributed by atoms with E-state index in [-0.39, 0.29) is 6.61 Å². The van der Waals surface area contributed by atoms with E-state index >= 15 is 0 Å². The van der Waals surface area contributed by atoms with Crippen LogP contribution in [0.5, 0.6) is 0 Å². The number of hydrogen-bond acceptors (Lipinski definition) is 3. The predicted molar refractivity (Wildman–Crippen MR) is 92.4 cm³/mol. The zero-order valence-corrected chi connectivity index (χ0v) is 14.2. The van der Waals surface area contributed by atoms with Gasteiger partial charge in [-0.3, -0.25) is 0 Å². The minimum Gasteiger partial charge on any atom is -0.462 e. The minimum atomic E-state index is -0.464. The molecular weight excluding hydrogens is 360 g/mol. The highest BCUT2D eigenvalue weighted by atomic mass is 79.9. The maximum absolute atomic E-state index is 12.0. The van der Waals surface area contributed by atoms with Gasteiger partial charge in [-0.25, -0.2) is 9.59 Å². The summed E-state index contributed by atoms with van der Waals surface area (Å²) in [7, 11) is 0. The number of para-hydroxylation sites is 1. The summed E-state index contributed by atoms with van der Waals surface area (Å²) in [4.78, 5) is 23.9. The lowest BCUT2D eigenvalue weighted by Gasteiger charge is -2.11. The quantitative estimate of drug-likeness (QED) is 0.776. The van der Waals surface area contributed by atoms with Crippen LogP contribution in [-0.4, -0.2) is 18.6 Å². The molecule has 0 aliphatic carbocycles. The predicted octanol–water partition coefficient (Wildman–Crippen LogP) is 3.95. The molecule has 0 fully saturated rings. The lowest BCUT2D eigenvalue weighted by Crippen LogP contribution is -2.29. The van der Waals surface area contributed by atoms with Gasteiger partial charge < -0.3 is 15.4 Å². The molecular formula is C17H17BrN2O3. The highest BCUT2D eigenvalue weighted by molar-refractivity contribution is 9.10. The third-order valence-electron chi connectivity index (χ3n) is 3.07. The van der Waals surface area contributed by atoms with Crippen LogP contribution in [0, 0.1) is 0 Å². The summed E-state index contributed by atoms with van der Waals surface area (Å²) in [6.45, 7) is 2.38. The third kappa shape index (κ3) is 4.82. The SMILES string of the molecule is CCOC(=O)c1ccccc1NC(=O)NCc1ccccc1Br. The number of rotatable bonds is 5. The topological polar surface area (TPSA) is 67.4 Å². The van der Waals surface area contributed by atoms with Gasteiger partial charge in [0.1, 0.15) is 0 Å². The maximum atomic E-state index is 12.0. The molecule has 0 saturated carbocycles. The van der Waals surface area contributed by atoms with Crippen LogP contribution < -0.4 is 10.6 Å². The van der Waals surface area contributed by atoms with E-state index in [9.17, 15) is 9.59 Å². The van der Waals surface area contributed by atoms with Gasteiger partial charge in [0.2, 0.25) is 0 Å². The van der Waals surface area contributed by atoms with Crippen LogP contribution >= 0.6 is 15.9 Å². The molecule has 2 aromatic carbocycles. The molecule has 23 heavy (non-hydrogen) atoms. The molecule has 0 unspecified atom stereocenters. The van der Waals surface area contributed by atoms with Crippen molar-refractivity contribution in [3.8, 4) is 0 Å². The summed E-state index contributed by atoms with van der Waals surface area (Å²) >= 11 is 3.43. The van der Waals surface area contributed by atoms with E-state index in [1.54, 1.807) is 31.2 Å². The Kier molecular flexibility index (Phi) is 6.17. The van der Waals surface area contributed by atoms with Gasteiger partial charge in [0.15, 0.2) is 0 Å². The van der Waals surface area contributed by atoms with E-state index in [0.717, 1.165) is 10.0 Å². The number of nitrogens with one attached hydrogen (secondary N) is 2. The van der Waals surface area contributed by atoms with Gasteiger partial charge in [-0.1, -0.05) is 46.3 Å². The summed E-state index contributed by atoms with van der Waals surface area (Å²) in [5.41, 5.74) is 1.70. The van der Waals surface area contributed by atoms with E-state index < -0.39 is 12.0 Å². The monoisotopic (exact) mass is 376 g/mol. The molecule has 0 atom stereocenters. The van der Waals surface area contributed by atoms with E-state index in [0.29, 0.717) is 17.8 Å². The number of urea groups is 1. The van der Waals surface area contributed by atoms with Crippen LogP contribution in [0.4, 0.5) is 10.5 Å². The molecule has 2 aromatic rings. The summed E-state index contributed by atoms with van der Waals surface area (Å²) in [6.07, 6.45) is 0. The van der Waals surface area contributed by atoms with Crippen LogP contribution in [0.2, 0.25) is 0 Å². The number of anilines is 1. The highest BCUT2D eigenvalue weighted by Gasteiger charge is 2.13. The lowest BCUT2D eigenvalue weighted by atomic mass is 10.2. The molecule has 0 saturated heterocycles. The number of halogens is 1. The Hall–Kier alpha value is -2.34. The first-order chi connectivity index (χ1) is 11.1. The number of benzene rings is 2. The van der Waals surface area contributed by atoms with Gasteiger partial charge in [0.05, 0.1) is 17.9 Å². The van der Waals surface area contributed by atoms with Gasteiger partial charge in [0, 0.05) is 11.0 Å². The second-order valence-corrected chi connectivity index (χ2v) is 5.52. The van der Waals surface area contributed by atoms with Crippen molar-refractivity contribution < 1.29 is 14.3 Å². The van der Waals surface area contributed by atoms with Crippen molar-refractivity contribution in [2.45, 2.75) is 13.5 Å². The van der Waals surface area contributed by atoms with Crippen molar-refractivity contribution in [1.29, 1.82) is 0 Å². The Balaban J connectivity index is 2.01. The zero-order valence-electron chi connectivity index (χ0n) is 12.6. The van der Waals surface area contributed by atoms with Gasteiger partial charge in [-0.15, -0.1) is 0 Å². The number of amides is 2. The summed E-state index contributed by atoms with van der Waals surface area (Å²) in [6, 6.07) is 14.0. The second-order valence-electron chi connectivity index (χ2n) is 4.67. The molecule has 5 nitrogen and oxygen atoms in total. The van der Waals surface area contributed by atoms with E-state index in [2.05, 4.69) is 26.6 Å². The van der Waals surface area contributed by atoms with Crippen molar-refractivity contribution in [3.63, 3.8) is 0 Å². The second kappa shape index (κ2) is 8.33.